The first kappa shape index (κ1) is 12.0. The van der Waals surface area contributed by atoms with Crippen molar-refractivity contribution in [3.63, 3.8) is 0 Å². The van der Waals surface area contributed by atoms with E-state index >= 15 is 0 Å². The van der Waals surface area contributed by atoms with Crippen LogP contribution in [0.2, 0.25) is 0 Å². The zero-order chi connectivity index (χ0) is 12.0. The minimum atomic E-state index is -0.399. The quantitative estimate of drug-likeness (QED) is 0.622. The maximum Gasteiger partial charge on any atom is 0.337 e. The van der Waals surface area contributed by atoms with Crippen molar-refractivity contribution in [2.24, 2.45) is 0 Å². The molecule has 0 atom stereocenters. The van der Waals surface area contributed by atoms with E-state index in [1.807, 2.05) is 0 Å². The van der Waals surface area contributed by atoms with E-state index in [9.17, 15) is 9.59 Å². The second-order valence-electron chi connectivity index (χ2n) is 3.11. The molecule has 1 rings (SSSR count). The Hall–Kier alpha value is -2.10. The van der Waals surface area contributed by atoms with Gasteiger partial charge in [0.2, 0.25) is 5.91 Å². The monoisotopic (exact) mass is 219 g/mol. The number of anilines is 1. The maximum atomic E-state index is 11.2. The third-order valence-corrected chi connectivity index (χ3v) is 1.92. The Morgan fingerprint density at radius 1 is 1.38 bits per heavy atom. The fourth-order valence-electron chi connectivity index (χ4n) is 1.15. The van der Waals surface area contributed by atoms with Crippen LogP contribution < -0.4 is 5.32 Å². The van der Waals surface area contributed by atoms with Gasteiger partial charge in [0.1, 0.15) is 0 Å². The minimum absolute atomic E-state index is 0.138. The van der Waals surface area contributed by atoms with Gasteiger partial charge in [0.15, 0.2) is 0 Å². The van der Waals surface area contributed by atoms with Gasteiger partial charge in [-0.15, -0.1) is 6.58 Å². The van der Waals surface area contributed by atoms with Gasteiger partial charge in [-0.1, -0.05) is 6.08 Å². The fourth-order valence-corrected chi connectivity index (χ4v) is 1.15. The van der Waals surface area contributed by atoms with Crippen molar-refractivity contribution in [3.8, 4) is 0 Å². The van der Waals surface area contributed by atoms with Gasteiger partial charge in [-0.05, 0) is 24.3 Å². The van der Waals surface area contributed by atoms with Gasteiger partial charge in [-0.2, -0.15) is 0 Å². The molecule has 0 aliphatic carbocycles. The van der Waals surface area contributed by atoms with E-state index in [4.69, 9.17) is 0 Å². The Morgan fingerprint density at radius 2 is 2.00 bits per heavy atom. The lowest BCUT2D eigenvalue weighted by Gasteiger charge is -2.04. The number of benzene rings is 1. The number of amides is 1. The van der Waals surface area contributed by atoms with Crippen LogP contribution in [0.25, 0.3) is 0 Å². The first-order valence-electron chi connectivity index (χ1n) is 4.76. The summed E-state index contributed by atoms with van der Waals surface area (Å²) in [6, 6.07) is 6.48. The lowest BCUT2D eigenvalue weighted by molar-refractivity contribution is -0.115. The summed E-state index contributed by atoms with van der Waals surface area (Å²) in [5.41, 5.74) is 1.09. The number of rotatable bonds is 4. The Kier molecular flexibility index (Phi) is 4.27. The molecular formula is C12H13NO3. The van der Waals surface area contributed by atoms with E-state index in [2.05, 4.69) is 16.6 Å². The van der Waals surface area contributed by atoms with Gasteiger partial charge in [-0.25, -0.2) is 4.79 Å². The highest BCUT2D eigenvalue weighted by Gasteiger charge is 2.05. The number of carbonyl (C=O) groups excluding carboxylic acids is 2. The highest BCUT2D eigenvalue weighted by atomic mass is 16.5. The van der Waals surface area contributed by atoms with Crippen LogP contribution in [0, 0.1) is 0 Å². The Labute approximate surface area is 93.9 Å². The van der Waals surface area contributed by atoms with Crippen molar-refractivity contribution < 1.29 is 14.3 Å². The summed E-state index contributed by atoms with van der Waals surface area (Å²) in [6.07, 6.45) is 1.79. The van der Waals surface area contributed by atoms with E-state index in [-0.39, 0.29) is 12.3 Å². The summed E-state index contributed by atoms with van der Waals surface area (Å²) in [7, 11) is 1.32. The molecule has 0 unspecified atom stereocenters. The molecule has 4 nitrogen and oxygen atoms in total. The molecule has 0 spiro atoms. The molecule has 1 amide bonds. The highest BCUT2D eigenvalue weighted by Crippen LogP contribution is 2.10. The van der Waals surface area contributed by atoms with Crippen molar-refractivity contribution in [2.75, 3.05) is 12.4 Å². The number of ether oxygens (including phenoxy) is 1. The largest absolute Gasteiger partial charge is 0.465 e. The number of methoxy groups -OCH3 is 1. The topological polar surface area (TPSA) is 55.4 Å². The molecule has 0 heterocycles. The molecule has 4 heteroatoms. The number of esters is 1. The summed E-state index contributed by atoms with van der Waals surface area (Å²) in [4.78, 5) is 22.3. The molecule has 1 aromatic rings. The van der Waals surface area contributed by atoms with Crippen molar-refractivity contribution in [1.29, 1.82) is 0 Å². The maximum absolute atomic E-state index is 11.2. The van der Waals surface area contributed by atoms with Gasteiger partial charge in [0.25, 0.3) is 0 Å². The smallest absolute Gasteiger partial charge is 0.337 e. The van der Waals surface area contributed by atoms with Gasteiger partial charge < -0.3 is 10.1 Å². The van der Waals surface area contributed by atoms with Crippen molar-refractivity contribution in [3.05, 3.63) is 42.5 Å². The van der Waals surface area contributed by atoms with Crippen LogP contribution in [-0.2, 0) is 9.53 Å². The summed E-state index contributed by atoms with van der Waals surface area (Å²) in [5.74, 6) is -0.537. The van der Waals surface area contributed by atoms with Crippen LogP contribution in [0.5, 0.6) is 0 Å². The first-order valence-corrected chi connectivity index (χ1v) is 4.76. The summed E-state index contributed by atoms with van der Waals surface area (Å²) in [5, 5.41) is 2.66. The predicted octanol–water partition coefficient (Wildman–Crippen LogP) is 1.99. The molecule has 0 aliphatic rings. The fraction of sp³-hybridized carbons (Fsp3) is 0.167. The third kappa shape index (κ3) is 3.24. The Bertz CT molecular complexity index is 395. The van der Waals surface area contributed by atoms with E-state index in [1.54, 1.807) is 24.3 Å². The van der Waals surface area contributed by atoms with Crippen LogP contribution in [0.3, 0.4) is 0 Å². The summed E-state index contributed by atoms with van der Waals surface area (Å²) < 4.78 is 4.56. The molecule has 0 bridgehead atoms. The van der Waals surface area contributed by atoms with Crippen LogP contribution >= 0.6 is 0 Å². The highest BCUT2D eigenvalue weighted by molar-refractivity contribution is 5.93. The standard InChI is InChI=1S/C12H13NO3/c1-3-4-11(14)13-10-7-5-9(6-8-10)12(15)16-2/h3,5-8H,1,4H2,2H3,(H,13,14). The zero-order valence-corrected chi connectivity index (χ0v) is 9.03. The average molecular weight is 219 g/mol. The molecular weight excluding hydrogens is 206 g/mol. The first-order chi connectivity index (χ1) is 7.67. The molecule has 0 saturated carbocycles. The third-order valence-electron chi connectivity index (χ3n) is 1.92. The Morgan fingerprint density at radius 3 is 2.50 bits per heavy atom. The normalized spacial score (nSPS) is 9.31. The SMILES string of the molecule is C=CCC(=O)Nc1ccc(C(=O)OC)cc1. The molecule has 1 aromatic carbocycles. The van der Waals surface area contributed by atoms with E-state index in [1.165, 1.54) is 13.2 Å². The van der Waals surface area contributed by atoms with Gasteiger partial charge >= 0.3 is 5.97 Å². The molecule has 0 aliphatic heterocycles. The molecule has 0 aromatic heterocycles. The molecule has 0 radical (unpaired) electrons. The second kappa shape index (κ2) is 5.70. The van der Waals surface area contributed by atoms with E-state index in [0.717, 1.165) is 0 Å². The number of hydrogen-bond acceptors (Lipinski definition) is 3. The van der Waals surface area contributed by atoms with Crippen molar-refractivity contribution >= 4 is 17.6 Å². The lowest BCUT2D eigenvalue weighted by Crippen LogP contribution is -2.10. The van der Waals surface area contributed by atoms with E-state index < -0.39 is 5.97 Å². The van der Waals surface area contributed by atoms with E-state index in [0.29, 0.717) is 11.3 Å². The number of nitrogens with one attached hydrogen (secondary N) is 1. The Balaban J connectivity index is 2.68. The van der Waals surface area contributed by atoms with Crippen molar-refractivity contribution in [1.82, 2.24) is 0 Å². The minimum Gasteiger partial charge on any atom is -0.465 e. The average Bonchev–Trinajstić information content (AvgIpc) is 2.29. The van der Waals surface area contributed by atoms with Crippen LogP contribution in [0.15, 0.2) is 36.9 Å². The zero-order valence-electron chi connectivity index (χ0n) is 9.03. The van der Waals surface area contributed by atoms with Crippen LogP contribution in [0.4, 0.5) is 5.69 Å². The molecule has 84 valence electrons. The van der Waals surface area contributed by atoms with Gasteiger partial charge in [-0.3, -0.25) is 4.79 Å². The predicted molar refractivity (Wildman–Crippen MR) is 61.2 cm³/mol. The lowest BCUT2D eigenvalue weighted by atomic mass is 10.2. The van der Waals surface area contributed by atoms with Crippen LogP contribution in [0.1, 0.15) is 16.8 Å². The van der Waals surface area contributed by atoms with Crippen LogP contribution in [-0.4, -0.2) is 19.0 Å². The molecule has 0 saturated heterocycles. The molecule has 16 heavy (non-hydrogen) atoms. The van der Waals surface area contributed by atoms with Gasteiger partial charge in [0, 0.05) is 12.1 Å². The van der Waals surface area contributed by atoms with Crippen molar-refractivity contribution in [2.45, 2.75) is 6.42 Å². The summed E-state index contributed by atoms with van der Waals surface area (Å²) in [6.45, 7) is 3.47. The second-order valence-corrected chi connectivity index (χ2v) is 3.11. The molecule has 1 N–H and O–H groups in total. The summed E-state index contributed by atoms with van der Waals surface area (Å²) >= 11 is 0. The molecule has 0 fully saturated rings. The number of hydrogen-bond donors (Lipinski definition) is 1. The van der Waals surface area contributed by atoms with Gasteiger partial charge in [0.05, 0.1) is 12.7 Å². The number of carbonyl (C=O) groups is 2.